The van der Waals surface area contributed by atoms with E-state index < -0.39 is 0 Å². The fraction of sp³-hybridized carbons (Fsp3) is 0.316. The van der Waals surface area contributed by atoms with E-state index in [4.69, 9.17) is 0 Å². The van der Waals surface area contributed by atoms with Crippen molar-refractivity contribution in [3.63, 3.8) is 0 Å². The number of nitrogens with one attached hydrogen (secondary N) is 1. The van der Waals surface area contributed by atoms with Gasteiger partial charge in [-0.3, -0.25) is 4.90 Å². The molecule has 0 spiro atoms. The van der Waals surface area contributed by atoms with Gasteiger partial charge in [0.2, 0.25) is 0 Å². The molecule has 4 nitrogen and oxygen atoms in total. The average Bonchev–Trinajstić information content (AvgIpc) is 2.57. The minimum absolute atomic E-state index is 0.170. The summed E-state index contributed by atoms with van der Waals surface area (Å²) in [5, 5.41) is 2.75. The summed E-state index contributed by atoms with van der Waals surface area (Å²) in [7, 11) is 0. The van der Waals surface area contributed by atoms with Crippen molar-refractivity contribution < 1.29 is 9.18 Å². The predicted molar refractivity (Wildman–Crippen MR) is 93.4 cm³/mol. The first kappa shape index (κ1) is 16.5. The number of nitrogens with zero attached hydrogens (tertiary/aromatic N) is 2. The summed E-state index contributed by atoms with van der Waals surface area (Å²) in [5.41, 5.74) is 3.11. The van der Waals surface area contributed by atoms with Crippen molar-refractivity contribution in [3.8, 4) is 0 Å². The molecule has 0 aliphatic carbocycles. The molecule has 24 heavy (non-hydrogen) atoms. The molecule has 0 atom stereocenters. The summed E-state index contributed by atoms with van der Waals surface area (Å²) in [6, 6.07) is 14.2. The Morgan fingerprint density at radius 2 is 1.83 bits per heavy atom. The van der Waals surface area contributed by atoms with Gasteiger partial charge in [0, 0.05) is 38.4 Å². The van der Waals surface area contributed by atoms with Gasteiger partial charge >= 0.3 is 6.03 Å². The molecule has 2 amide bonds. The number of urea groups is 1. The summed E-state index contributed by atoms with van der Waals surface area (Å²) in [5.74, 6) is -0.351. The maximum atomic E-state index is 13.2. The molecule has 2 aromatic rings. The van der Waals surface area contributed by atoms with Crippen LogP contribution in [0, 0.1) is 12.7 Å². The highest BCUT2D eigenvalue weighted by Gasteiger charge is 2.21. The van der Waals surface area contributed by atoms with Crippen molar-refractivity contribution in [1.82, 2.24) is 9.80 Å². The second-order valence-electron chi connectivity index (χ2n) is 6.13. The van der Waals surface area contributed by atoms with Crippen LogP contribution in [0.2, 0.25) is 0 Å². The lowest BCUT2D eigenvalue weighted by molar-refractivity contribution is 0.143. The topological polar surface area (TPSA) is 35.6 Å². The van der Waals surface area contributed by atoms with Gasteiger partial charge in [0.05, 0.1) is 0 Å². The molecule has 0 saturated carbocycles. The molecular weight excluding hydrogens is 305 g/mol. The number of hydrogen-bond acceptors (Lipinski definition) is 2. The number of carbonyl (C=O) groups excluding carboxylic acids is 1. The van der Waals surface area contributed by atoms with Gasteiger partial charge in [-0.25, -0.2) is 9.18 Å². The summed E-state index contributed by atoms with van der Waals surface area (Å²) in [4.78, 5) is 16.4. The van der Waals surface area contributed by atoms with E-state index in [9.17, 15) is 9.18 Å². The van der Waals surface area contributed by atoms with Crippen LogP contribution in [0.4, 0.5) is 14.9 Å². The lowest BCUT2D eigenvalue weighted by atomic mass is 10.1. The Kier molecular flexibility index (Phi) is 5.11. The van der Waals surface area contributed by atoms with E-state index >= 15 is 0 Å². The molecule has 126 valence electrons. The number of anilines is 1. The van der Waals surface area contributed by atoms with Crippen molar-refractivity contribution in [3.05, 3.63) is 65.5 Å². The Morgan fingerprint density at radius 3 is 2.54 bits per heavy atom. The maximum absolute atomic E-state index is 13.2. The van der Waals surface area contributed by atoms with Crippen molar-refractivity contribution in [2.75, 3.05) is 31.5 Å². The zero-order valence-electron chi connectivity index (χ0n) is 13.8. The fourth-order valence-corrected chi connectivity index (χ4v) is 2.91. The van der Waals surface area contributed by atoms with Crippen LogP contribution in [0.1, 0.15) is 11.1 Å². The Labute approximate surface area is 141 Å². The van der Waals surface area contributed by atoms with Gasteiger partial charge in [-0.2, -0.15) is 0 Å². The smallest absolute Gasteiger partial charge is 0.321 e. The average molecular weight is 327 g/mol. The first-order chi connectivity index (χ1) is 11.6. The number of piperazine rings is 1. The van der Waals surface area contributed by atoms with E-state index in [1.807, 2.05) is 6.07 Å². The lowest BCUT2D eigenvalue weighted by Gasteiger charge is -2.35. The Balaban J connectivity index is 1.51. The Bertz CT molecular complexity index is 711. The monoisotopic (exact) mass is 327 g/mol. The molecule has 5 heteroatoms. The summed E-state index contributed by atoms with van der Waals surface area (Å²) >= 11 is 0. The van der Waals surface area contributed by atoms with E-state index in [0.29, 0.717) is 18.8 Å². The van der Waals surface area contributed by atoms with Crippen LogP contribution in [0.25, 0.3) is 0 Å². The van der Waals surface area contributed by atoms with E-state index in [1.54, 1.807) is 17.0 Å². The number of hydrogen-bond donors (Lipinski definition) is 1. The molecule has 0 radical (unpaired) electrons. The SMILES string of the molecule is Cc1ccccc1CN1CCN(C(=O)Nc2cccc(F)c2)CC1. The molecule has 3 rings (SSSR count). The third-order valence-electron chi connectivity index (χ3n) is 4.39. The van der Waals surface area contributed by atoms with Crippen LogP contribution >= 0.6 is 0 Å². The van der Waals surface area contributed by atoms with Crippen molar-refractivity contribution in [2.24, 2.45) is 0 Å². The van der Waals surface area contributed by atoms with Gasteiger partial charge in [-0.1, -0.05) is 30.3 Å². The van der Waals surface area contributed by atoms with Crippen LogP contribution in [0.5, 0.6) is 0 Å². The third kappa shape index (κ3) is 4.11. The van der Waals surface area contributed by atoms with Crippen molar-refractivity contribution >= 4 is 11.7 Å². The first-order valence-electron chi connectivity index (χ1n) is 8.20. The molecule has 1 N–H and O–H groups in total. The van der Waals surface area contributed by atoms with E-state index in [-0.39, 0.29) is 11.8 Å². The summed E-state index contributed by atoms with van der Waals surface area (Å²) < 4.78 is 13.2. The number of halogens is 1. The Hall–Kier alpha value is -2.40. The minimum Gasteiger partial charge on any atom is -0.322 e. The van der Waals surface area contributed by atoms with Crippen molar-refractivity contribution in [2.45, 2.75) is 13.5 Å². The number of amides is 2. The molecule has 1 aliphatic heterocycles. The van der Waals surface area contributed by atoms with Crippen molar-refractivity contribution in [1.29, 1.82) is 0 Å². The van der Waals surface area contributed by atoms with Crippen LogP contribution in [-0.4, -0.2) is 42.0 Å². The number of benzene rings is 2. The lowest BCUT2D eigenvalue weighted by Crippen LogP contribution is -2.49. The van der Waals surface area contributed by atoms with Gasteiger partial charge in [-0.05, 0) is 36.2 Å². The second kappa shape index (κ2) is 7.45. The zero-order valence-corrected chi connectivity index (χ0v) is 13.8. The largest absolute Gasteiger partial charge is 0.322 e. The summed E-state index contributed by atoms with van der Waals surface area (Å²) in [6.45, 7) is 6.06. The standard InChI is InChI=1S/C19H22FN3O/c1-15-5-2-3-6-16(15)14-22-9-11-23(12-10-22)19(24)21-18-8-4-7-17(20)13-18/h2-8,13H,9-12,14H2,1H3,(H,21,24). The first-order valence-corrected chi connectivity index (χ1v) is 8.20. The predicted octanol–water partition coefficient (Wildman–Crippen LogP) is 3.48. The Morgan fingerprint density at radius 1 is 1.08 bits per heavy atom. The van der Waals surface area contributed by atoms with Crippen LogP contribution < -0.4 is 5.32 Å². The van der Waals surface area contributed by atoms with Gasteiger partial charge in [0.25, 0.3) is 0 Å². The van der Waals surface area contributed by atoms with Gasteiger partial charge in [-0.15, -0.1) is 0 Å². The molecule has 1 saturated heterocycles. The van der Waals surface area contributed by atoms with Crippen LogP contribution in [0.15, 0.2) is 48.5 Å². The quantitative estimate of drug-likeness (QED) is 0.937. The highest BCUT2D eigenvalue weighted by Crippen LogP contribution is 2.14. The van der Waals surface area contributed by atoms with Gasteiger partial charge in [0.15, 0.2) is 0 Å². The normalized spacial score (nSPS) is 15.3. The van der Waals surface area contributed by atoms with Crippen LogP contribution in [0.3, 0.4) is 0 Å². The van der Waals surface area contributed by atoms with Gasteiger partial charge < -0.3 is 10.2 Å². The van der Waals surface area contributed by atoms with Crippen LogP contribution in [-0.2, 0) is 6.54 Å². The number of aryl methyl sites for hydroxylation is 1. The molecule has 0 aromatic heterocycles. The highest BCUT2D eigenvalue weighted by molar-refractivity contribution is 5.89. The third-order valence-corrected chi connectivity index (χ3v) is 4.39. The summed E-state index contributed by atoms with van der Waals surface area (Å²) in [6.07, 6.45) is 0. The molecule has 1 aliphatic rings. The minimum atomic E-state index is -0.351. The molecule has 1 fully saturated rings. The highest BCUT2D eigenvalue weighted by atomic mass is 19.1. The fourth-order valence-electron chi connectivity index (χ4n) is 2.91. The van der Waals surface area contributed by atoms with E-state index in [1.165, 1.54) is 23.3 Å². The molecule has 0 unspecified atom stereocenters. The van der Waals surface area contributed by atoms with E-state index in [0.717, 1.165) is 19.6 Å². The molecule has 2 aromatic carbocycles. The molecule has 0 bridgehead atoms. The molecule has 1 heterocycles. The second-order valence-corrected chi connectivity index (χ2v) is 6.13. The molecular formula is C19H22FN3O. The van der Waals surface area contributed by atoms with Gasteiger partial charge in [0.1, 0.15) is 5.82 Å². The number of rotatable bonds is 3. The number of carbonyl (C=O) groups is 1. The van der Waals surface area contributed by atoms with E-state index in [2.05, 4.69) is 35.3 Å². The zero-order chi connectivity index (χ0) is 16.9. The maximum Gasteiger partial charge on any atom is 0.321 e.